The van der Waals surface area contributed by atoms with Crippen molar-refractivity contribution in [2.45, 2.75) is 51.3 Å². The van der Waals surface area contributed by atoms with E-state index in [1.54, 1.807) is 0 Å². The monoisotopic (exact) mass is 304 g/mol. The first-order valence-electron chi connectivity index (χ1n) is 8.71. The summed E-state index contributed by atoms with van der Waals surface area (Å²) in [6.45, 7) is 4.35. The summed E-state index contributed by atoms with van der Waals surface area (Å²) in [7, 11) is 0. The molecule has 0 N–H and O–H groups in total. The zero-order valence-electron chi connectivity index (χ0n) is 14.8. The van der Waals surface area contributed by atoms with Crippen LogP contribution in [0.3, 0.4) is 0 Å². The fourth-order valence-electron chi connectivity index (χ4n) is 3.97. The molecule has 2 aliphatic rings. The summed E-state index contributed by atoms with van der Waals surface area (Å²) in [6.07, 6.45) is 4.60. The third kappa shape index (κ3) is 4.26. The standard InChI is InChI=1S/C19H26BO2.Li/c1-16(2)12-13-20(21-14-7-15-22-20)19-11-6-10-18(19)17-8-4-3-5-9-17;/h3-5,8-9,16,18-19H,6-7,10-11,14-15H2,1-2H3;/q-1;+1. The summed E-state index contributed by atoms with van der Waals surface area (Å²) in [5.74, 6) is 8.04. The van der Waals surface area contributed by atoms with Crippen LogP contribution < -0.4 is 18.9 Å². The first-order valence-corrected chi connectivity index (χ1v) is 8.71. The topological polar surface area (TPSA) is 18.5 Å². The minimum Gasteiger partial charge on any atom is -0.558 e. The summed E-state index contributed by atoms with van der Waals surface area (Å²) in [6, 6.07) is 10.8. The number of hydrogen-bond acceptors (Lipinski definition) is 2. The molecule has 1 aromatic carbocycles. The second kappa shape index (κ2) is 8.46. The van der Waals surface area contributed by atoms with Crippen molar-refractivity contribution in [1.29, 1.82) is 0 Å². The Bertz CT molecular complexity index is 543. The maximum atomic E-state index is 6.22. The third-order valence-electron chi connectivity index (χ3n) is 4.95. The Balaban J connectivity index is 0.00000192. The average molecular weight is 304 g/mol. The van der Waals surface area contributed by atoms with Gasteiger partial charge in [-0.05, 0) is 24.3 Å². The van der Waals surface area contributed by atoms with Gasteiger partial charge in [0.2, 0.25) is 0 Å². The van der Waals surface area contributed by atoms with Gasteiger partial charge < -0.3 is 9.31 Å². The summed E-state index contributed by atoms with van der Waals surface area (Å²) in [4.78, 5) is 0. The molecule has 0 spiro atoms. The van der Waals surface area contributed by atoms with Crippen molar-refractivity contribution < 1.29 is 28.2 Å². The van der Waals surface area contributed by atoms with Crippen molar-refractivity contribution in [3.63, 3.8) is 0 Å². The van der Waals surface area contributed by atoms with Crippen LogP contribution in [0.2, 0.25) is 5.82 Å². The van der Waals surface area contributed by atoms with Crippen LogP contribution in [0.4, 0.5) is 0 Å². The molecule has 2 atom stereocenters. The molecule has 4 heteroatoms. The Morgan fingerprint density at radius 1 is 1.04 bits per heavy atom. The molecular formula is C19H26BLiO2. The van der Waals surface area contributed by atoms with Gasteiger partial charge in [0, 0.05) is 19.1 Å². The Kier molecular flexibility index (Phi) is 6.88. The molecule has 1 aromatic rings. The van der Waals surface area contributed by atoms with Gasteiger partial charge in [0.05, 0.1) is 0 Å². The second-order valence-corrected chi connectivity index (χ2v) is 6.92. The predicted octanol–water partition coefficient (Wildman–Crippen LogP) is 1.41. The first kappa shape index (κ1) is 18.7. The summed E-state index contributed by atoms with van der Waals surface area (Å²) in [5, 5.41) is 0. The van der Waals surface area contributed by atoms with E-state index in [0.29, 0.717) is 17.7 Å². The predicted molar refractivity (Wildman–Crippen MR) is 91.7 cm³/mol. The molecule has 3 rings (SSSR count). The molecule has 0 amide bonds. The maximum Gasteiger partial charge on any atom is 1.00 e. The van der Waals surface area contributed by atoms with E-state index in [0.717, 1.165) is 26.1 Å². The zero-order valence-corrected chi connectivity index (χ0v) is 14.8. The van der Waals surface area contributed by atoms with Crippen LogP contribution in [0.5, 0.6) is 0 Å². The molecule has 23 heavy (non-hydrogen) atoms. The van der Waals surface area contributed by atoms with Gasteiger partial charge in [0.25, 0.3) is 0 Å². The minimum absolute atomic E-state index is 0. The van der Waals surface area contributed by atoms with Gasteiger partial charge in [-0.2, -0.15) is 0 Å². The summed E-state index contributed by atoms with van der Waals surface area (Å²) in [5.41, 5.74) is 1.41. The smallest absolute Gasteiger partial charge is 0.558 e. The molecule has 0 bridgehead atoms. The van der Waals surface area contributed by atoms with E-state index < -0.39 is 6.55 Å². The largest absolute Gasteiger partial charge is 1.00 e. The van der Waals surface area contributed by atoms with Gasteiger partial charge in [0.15, 0.2) is 0 Å². The minimum atomic E-state index is -1.47. The van der Waals surface area contributed by atoms with Gasteiger partial charge in [-0.15, -0.1) is 5.92 Å². The van der Waals surface area contributed by atoms with Crippen molar-refractivity contribution >= 4 is 6.55 Å². The van der Waals surface area contributed by atoms with Crippen molar-refractivity contribution in [2.24, 2.45) is 5.92 Å². The van der Waals surface area contributed by atoms with E-state index in [2.05, 4.69) is 55.9 Å². The quantitative estimate of drug-likeness (QED) is 0.607. The average Bonchev–Trinajstić information content (AvgIpc) is 3.05. The van der Waals surface area contributed by atoms with Crippen LogP contribution in [-0.2, 0) is 9.31 Å². The van der Waals surface area contributed by atoms with E-state index in [1.807, 2.05) is 0 Å². The van der Waals surface area contributed by atoms with Crippen molar-refractivity contribution in [3.05, 3.63) is 35.9 Å². The molecule has 0 aromatic heterocycles. The first-order chi connectivity index (χ1) is 10.7. The second-order valence-electron chi connectivity index (χ2n) is 6.92. The van der Waals surface area contributed by atoms with Crippen LogP contribution in [0, 0.1) is 17.7 Å². The number of rotatable bonds is 2. The van der Waals surface area contributed by atoms with Gasteiger partial charge >= 0.3 is 25.4 Å². The molecule has 1 heterocycles. The van der Waals surface area contributed by atoms with E-state index in [9.17, 15) is 0 Å². The van der Waals surface area contributed by atoms with Crippen LogP contribution in [0.1, 0.15) is 51.0 Å². The maximum absolute atomic E-state index is 6.22. The Labute approximate surface area is 152 Å². The third-order valence-corrected chi connectivity index (χ3v) is 4.95. The van der Waals surface area contributed by atoms with Crippen LogP contribution in [0.15, 0.2) is 30.3 Å². The molecule has 1 saturated heterocycles. The van der Waals surface area contributed by atoms with Gasteiger partial charge in [0.1, 0.15) is 0 Å². The number of benzene rings is 1. The Morgan fingerprint density at radius 3 is 2.39 bits per heavy atom. The van der Waals surface area contributed by atoms with E-state index in [-0.39, 0.29) is 18.9 Å². The normalized spacial score (nSPS) is 26.2. The van der Waals surface area contributed by atoms with E-state index >= 15 is 0 Å². The molecule has 0 radical (unpaired) electrons. The molecular weight excluding hydrogens is 278 g/mol. The van der Waals surface area contributed by atoms with Gasteiger partial charge in [-0.3, -0.25) is 0 Å². The fraction of sp³-hybridized carbons (Fsp3) is 0.579. The zero-order chi connectivity index (χ0) is 15.4. The Morgan fingerprint density at radius 2 is 1.74 bits per heavy atom. The fourth-order valence-corrected chi connectivity index (χ4v) is 3.97. The van der Waals surface area contributed by atoms with E-state index in [1.165, 1.54) is 18.4 Å². The van der Waals surface area contributed by atoms with Crippen molar-refractivity contribution in [3.8, 4) is 11.7 Å². The molecule has 1 aliphatic heterocycles. The van der Waals surface area contributed by atoms with Crippen LogP contribution in [-0.4, -0.2) is 19.8 Å². The van der Waals surface area contributed by atoms with Gasteiger partial charge in [-0.1, -0.05) is 62.8 Å². The molecule has 2 nitrogen and oxygen atoms in total. The summed E-state index contributed by atoms with van der Waals surface area (Å²) < 4.78 is 12.4. The summed E-state index contributed by atoms with van der Waals surface area (Å²) >= 11 is 0. The van der Waals surface area contributed by atoms with Crippen molar-refractivity contribution in [2.75, 3.05) is 13.2 Å². The molecule has 1 aliphatic carbocycles. The molecule has 2 fully saturated rings. The van der Waals surface area contributed by atoms with Gasteiger partial charge in [-0.25, -0.2) is 5.82 Å². The Hall–Kier alpha value is -0.638. The van der Waals surface area contributed by atoms with E-state index in [4.69, 9.17) is 9.31 Å². The van der Waals surface area contributed by atoms with Crippen LogP contribution >= 0.6 is 0 Å². The van der Waals surface area contributed by atoms with Crippen LogP contribution in [0.25, 0.3) is 0 Å². The molecule has 1 saturated carbocycles. The molecule has 118 valence electrons. The van der Waals surface area contributed by atoms with Crippen molar-refractivity contribution in [1.82, 2.24) is 0 Å². The SMILES string of the molecule is CC(C)C#C[B-]1(C2CCCC2c2ccccc2)OCCCO1.[Li+]. The number of hydrogen-bond donors (Lipinski definition) is 0. The molecule has 2 unspecified atom stereocenters.